The fraction of sp³-hybridized carbons (Fsp3) is 0.368. The monoisotopic (exact) mass is 326 g/mol. The van der Waals surface area contributed by atoms with E-state index in [1.54, 1.807) is 6.07 Å². The number of amides is 1. The standard InChI is InChI=1S/C19H22N2O3/c1-4-6-16-15-9-8-13(19(23)24-3)11-14(15)12-21(16)18(22)17-7-5-10-20(17)2/h5,7-11,16H,4,6,12H2,1-3H3. The molecule has 5 nitrogen and oxygen atoms in total. The number of rotatable bonds is 4. The van der Waals surface area contributed by atoms with Crippen LogP contribution in [0.2, 0.25) is 0 Å². The number of methoxy groups -OCH3 is 1. The van der Waals surface area contributed by atoms with Crippen molar-refractivity contribution in [2.75, 3.05) is 7.11 Å². The van der Waals surface area contributed by atoms with Crippen molar-refractivity contribution in [3.63, 3.8) is 0 Å². The van der Waals surface area contributed by atoms with Crippen LogP contribution < -0.4 is 0 Å². The first-order chi connectivity index (χ1) is 11.6. The molecule has 1 atom stereocenters. The number of ether oxygens (including phenoxy) is 1. The van der Waals surface area contributed by atoms with Crippen molar-refractivity contribution in [1.82, 2.24) is 9.47 Å². The summed E-state index contributed by atoms with van der Waals surface area (Å²) < 4.78 is 6.64. The van der Waals surface area contributed by atoms with Crippen molar-refractivity contribution in [3.8, 4) is 0 Å². The lowest BCUT2D eigenvalue weighted by atomic mass is 9.99. The van der Waals surface area contributed by atoms with Crippen LogP contribution in [0.15, 0.2) is 36.5 Å². The van der Waals surface area contributed by atoms with Crippen LogP contribution in [0.1, 0.15) is 57.8 Å². The molecule has 0 aliphatic carbocycles. The van der Waals surface area contributed by atoms with Gasteiger partial charge in [0.25, 0.3) is 5.91 Å². The fourth-order valence-electron chi connectivity index (χ4n) is 3.40. The quantitative estimate of drug-likeness (QED) is 0.810. The maximum atomic E-state index is 13.0. The zero-order valence-electron chi connectivity index (χ0n) is 14.3. The van der Waals surface area contributed by atoms with E-state index in [1.165, 1.54) is 7.11 Å². The molecule has 0 bridgehead atoms. The Labute approximate surface area is 141 Å². The van der Waals surface area contributed by atoms with Crippen molar-refractivity contribution in [2.24, 2.45) is 7.05 Å². The fourth-order valence-corrected chi connectivity index (χ4v) is 3.40. The second-order valence-corrected chi connectivity index (χ2v) is 6.15. The molecule has 3 rings (SSSR count). The third kappa shape index (κ3) is 2.70. The van der Waals surface area contributed by atoms with Gasteiger partial charge in [0.05, 0.1) is 18.7 Å². The molecule has 0 radical (unpaired) electrons. The summed E-state index contributed by atoms with van der Waals surface area (Å²) in [6, 6.07) is 9.36. The predicted octanol–water partition coefficient (Wildman–Crippen LogP) is 3.31. The summed E-state index contributed by atoms with van der Waals surface area (Å²) >= 11 is 0. The average molecular weight is 326 g/mol. The second kappa shape index (κ2) is 6.51. The van der Waals surface area contributed by atoms with Crippen LogP contribution >= 0.6 is 0 Å². The second-order valence-electron chi connectivity index (χ2n) is 6.15. The minimum Gasteiger partial charge on any atom is -0.465 e. The molecule has 0 saturated heterocycles. The van der Waals surface area contributed by atoms with Gasteiger partial charge >= 0.3 is 5.97 Å². The minimum atomic E-state index is -0.350. The first-order valence-electron chi connectivity index (χ1n) is 8.20. The maximum Gasteiger partial charge on any atom is 0.337 e. The van der Waals surface area contributed by atoms with Crippen LogP contribution in [-0.4, -0.2) is 28.5 Å². The molecule has 126 valence electrons. The van der Waals surface area contributed by atoms with Gasteiger partial charge in [-0.1, -0.05) is 19.4 Å². The highest BCUT2D eigenvalue weighted by Crippen LogP contribution is 2.38. The zero-order chi connectivity index (χ0) is 17.3. The normalized spacial score (nSPS) is 16.1. The Morgan fingerprint density at radius 3 is 2.71 bits per heavy atom. The summed E-state index contributed by atoms with van der Waals surface area (Å²) in [4.78, 5) is 26.6. The molecule has 1 aliphatic rings. The summed E-state index contributed by atoms with van der Waals surface area (Å²) in [7, 11) is 3.25. The van der Waals surface area contributed by atoms with Crippen LogP contribution in [-0.2, 0) is 18.3 Å². The lowest BCUT2D eigenvalue weighted by Gasteiger charge is -2.25. The molecule has 0 spiro atoms. The number of carbonyl (C=O) groups excluding carboxylic acids is 2. The maximum absolute atomic E-state index is 13.0. The number of aromatic nitrogens is 1. The molecule has 2 heterocycles. The molecule has 1 unspecified atom stereocenters. The highest BCUT2D eigenvalue weighted by molar-refractivity contribution is 5.94. The van der Waals surface area contributed by atoms with E-state index in [0.29, 0.717) is 17.8 Å². The SMILES string of the molecule is CCCC1c2ccc(C(=O)OC)cc2CN1C(=O)c1cccn1C. The molecular weight excluding hydrogens is 304 g/mol. The lowest BCUT2D eigenvalue weighted by Crippen LogP contribution is -2.30. The summed E-state index contributed by atoms with van der Waals surface area (Å²) in [5, 5.41) is 0. The van der Waals surface area contributed by atoms with Gasteiger partial charge in [0.15, 0.2) is 0 Å². The van der Waals surface area contributed by atoms with E-state index in [4.69, 9.17) is 4.74 Å². The Morgan fingerprint density at radius 2 is 2.08 bits per heavy atom. The molecule has 1 aromatic carbocycles. The highest BCUT2D eigenvalue weighted by atomic mass is 16.5. The van der Waals surface area contributed by atoms with Gasteiger partial charge in [-0.15, -0.1) is 0 Å². The van der Waals surface area contributed by atoms with Crippen LogP contribution in [0.4, 0.5) is 0 Å². The van der Waals surface area contributed by atoms with Crippen LogP contribution in [0, 0.1) is 0 Å². The average Bonchev–Trinajstić information content (AvgIpc) is 3.17. The number of hydrogen-bond acceptors (Lipinski definition) is 3. The summed E-state index contributed by atoms with van der Waals surface area (Å²) in [5.74, 6) is -0.325. The Balaban J connectivity index is 1.95. The molecule has 1 amide bonds. The summed E-state index contributed by atoms with van der Waals surface area (Å²) in [5.41, 5.74) is 3.36. The van der Waals surface area contributed by atoms with Gasteiger partial charge in [-0.25, -0.2) is 4.79 Å². The first kappa shape index (κ1) is 16.3. The molecule has 0 N–H and O–H groups in total. The Morgan fingerprint density at radius 1 is 1.29 bits per heavy atom. The third-order valence-corrected chi connectivity index (χ3v) is 4.63. The number of aryl methyl sites for hydroxylation is 1. The van der Waals surface area contributed by atoms with E-state index < -0.39 is 0 Å². The zero-order valence-corrected chi connectivity index (χ0v) is 14.3. The van der Waals surface area contributed by atoms with Crippen molar-refractivity contribution >= 4 is 11.9 Å². The van der Waals surface area contributed by atoms with Crippen molar-refractivity contribution in [3.05, 3.63) is 58.9 Å². The van der Waals surface area contributed by atoms with Crippen LogP contribution in [0.5, 0.6) is 0 Å². The number of fused-ring (bicyclic) bond motifs is 1. The molecular formula is C19H22N2O3. The van der Waals surface area contributed by atoms with E-state index in [2.05, 4.69) is 6.92 Å². The molecule has 1 aromatic heterocycles. The minimum absolute atomic E-state index is 0.0248. The lowest BCUT2D eigenvalue weighted by molar-refractivity contribution is 0.0600. The van der Waals surface area contributed by atoms with Gasteiger partial charge < -0.3 is 14.2 Å². The number of nitrogens with zero attached hydrogens (tertiary/aromatic N) is 2. The molecule has 0 saturated carbocycles. The molecule has 0 fully saturated rings. The van der Waals surface area contributed by atoms with E-state index >= 15 is 0 Å². The Hall–Kier alpha value is -2.56. The van der Waals surface area contributed by atoms with E-state index in [-0.39, 0.29) is 17.9 Å². The molecule has 1 aliphatic heterocycles. The Kier molecular flexibility index (Phi) is 4.42. The van der Waals surface area contributed by atoms with Gasteiger partial charge in [0.1, 0.15) is 5.69 Å². The number of carbonyl (C=O) groups is 2. The highest BCUT2D eigenvalue weighted by Gasteiger charge is 2.34. The third-order valence-electron chi connectivity index (χ3n) is 4.63. The molecule has 2 aromatic rings. The smallest absolute Gasteiger partial charge is 0.337 e. The van der Waals surface area contributed by atoms with Gasteiger partial charge in [-0.3, -0.25) is 4.79 Å². The van der Waals surface area contributed by atoms with Gasteiger partial charge in [0.2, 0.25) is 0 Å². The van der Waals surface area contributed by atoms with Gasteiger partial charge in [-0.2, -0.15) is 0 Å². The molecule has 24 heavy (non-hydrogen) atoms. The number of hydrogen-bond donors (Lipinski definition) is 0. The number of benzene rings is 1. The van der Waals surface area contributed by atoms with Crippen molar-refractivity contribution in [1.29, 1.82) is 0 Å². The number of esters is 1. The summed E-state index contributed by atoms with van der Waals surface area (Å²) in [6.07, 6.45) is 3.77. The van der Waals surface area contributed by atoms with E-state index in [0.717, 1.165) is 24.0 Å². The van der Waals surface area contributed by atoms with Crippen LogP contribution in [0.25, 0.3) is 0 Å². The largest absolute Gasteiger partial charge is 0.465 e. The van der Waals surface area contributed by atoms with Crippen molar-refractivity contribution < 1.29 is 14.3 Å². The molecule has 5 heteroatoms. The predicted molar refractivity (Wildman–Crippen MR) is 90.7 cm³/mol. The topological polar surface area (TPSA) is 51.5 Å². The van der Waals surface area contributed by atoms with Crippen molar-refractivity contribution in [2.45, 2.75) is 32.4 Å². The Bertz CT molecular complexity index is 779. The van der Waals surface area contributed by atoms with Gasteiger partial charge in [-0.05, 0) is 41.8 Å². The van der Waals surface area contributed by atoms with Gasteiger partial charge in [0, 0.05) is 19.8 Å². The first-order valence-corrected chi connectivity index (χ1v) is 8.20. The van der Waals surface area contributed by atoms with E-state index in [1.807, 2.05) is 47.0 Å². The summed E-state index contributed by atoms with van der Waals surface area (Å²) in [6.45, 7) is 2.64. The van der Waals surface area contributed by atoms with E-state index in [9.17, 15) is 9.59 Å². The van der Waals surface area contributed by atoms with Crippen LogP contribution in [0.3, 0.4) is 0 Å².